The van der Waals surface area contributed by atoms with Crippen molar-refractivity contribution in [3.05, 3.63) is 27.2 Å². The summed E-state index contributed by atoms with van der Waals surface area (Å²) in [5, 5.41) is 10.8. The summed E-state index contributed by atoms with van der Waals surface area (Å²) in [5.41, 5.74) is 7.18. The van der Waals surface area contributed by atoms with Gasteiger partial charge in [0.25, 0.3) is 5.89 Å². The molecule has 5 nitrogen and oxygen atoms in total. The van der Waals surface area contributed by atoms with Crippen LogP contribution < -0.4 is 5.73 Å². The molecule has 3 rings (SSSR count). The van der Waals surface area contributed by atoms with Crippen LogP contribution in [-0.2, 0) is 6.42 Å². The summed E-state index contributed by atoms with van der Waals surface area (Å²) in [6.07, 6.45) is 0.774. The summed E-state index contributed by atoms with van der Waals surface area (Å²) in [6, 6.07) is 1.96. The van der Waals surface area contributed by atoms with E-state index in [1.165, 1.54) is 0 Å². The molecule has 0 saturated heterocycles. The van der Waals surface area contributed by atoms with Gasteiger partial charge < -0.3 is 10.3 Å². The Bertz CT molecular complexity index is 629. The Balaban J connectivity index is 1.88. The molecular formula is C11H10N4OS2. The molecule has 0 atom stereocenters. The first-order chi connectivity index (χ1) is 8.86. The van der Waals surface area contributed by atoms with Gasteiger partial charge in [0.05, 0.1) is 5.01 Å². The van der Waals surface area contributed by atoms with Crippen molar-refractivity contribution in [3.8, 4) is 23.0 Å². The molecule has 3 aromatic heterocycles. The van der Waals surface area contributed by atoms with E-state index in [4.69, 9.17) is 10.3 Å². The quantitative estimate of drug-likeness (QED) is 0.793. The van der Waals surface area contributed by atoms with Crippen molar-refractivity contribution in [3.63, 3.8) is 0 Å². The minimum atomic E-state index is 0.454. The van der Waals surface area contributed by atoms with Gasteiger partial charge in [0.15, 0.2) is 0 Å². The van der Waals surface area contributed by atoms with Gasteiger partial charge in [-0.15, -0.1) is 11.3 Å². The molecule has 0 fully saturated rings. The Morgan fingerprint density at radius 3 is 3.00 bits per heavy atom. The van der Waals surface area contributed by atoms with Crippen molar-refractivity contribution in [2.45, 2.75) is 6.42 Å². The predicted octanol–water partition coefficient (Wildman–Crippen LogP) is 2.42. The topological polar surface area (TPSA) is 77.8 Å². The fourth-order valence-corrected chi connectivity index (χ4v) is 2.91. The fraction of sp³-hybridized carbons (Fsp3) is 0.182. The van der Waals surface area contributed by atoms with E-state index in [1.54, 1.807) is 22.7 Å². The van der Waals surface area contributed by atoms with Gasteiger partial charge >= 0.3 is 0 Å². The molecule has 18 heavy (non-hydrogen) atoms. The van der Waals surface area contributed by atoms with E-state index in [0.717, 1.165) is 22.7 Å². The number of aromatic nitrogens is 3. The molecule has 0 unspecified atom stereocenters. The van der Waals surface area contributed by atoms with Crippen molar-refractivity contribution >= 4 is 22.7 Å². The molecule has 7 heteroatoms. The Hall–Kier alpha value is -1.57. The second kappa shape index (κ2) is 4.97. The maximum atomic E-state index is 5.49. The Morgan fingerprint density at radius 1 is 1.28 bits per heavy atom. The second-order valence-corrected chi connectivity index (χ2v) is 5.32. The van der Waals surface area contributed by atoms with Crippen molar-refractivity contribution < 1.29 is 4.52 Å². The first kappa shape index (κ1) is 11.5. The molecule has 0 spiro atoms. The van der Waals surface area contributed by atoms with Gasteiger partial charge in [0.1, 0.15) is 5.69 Å². The molecule has 0 bridgehead atoms. The Kier molecular flexibility index (Phi) is 3.18. The number of nitrogens with two attached hydrogens (primary N) is 1. The highest BCUT2D eigenvalue weighted by atomic mass is 32.1. The third-order valence-corrected chi connectivity index (χ3v) is 3.93. The van der Waals surface area contributed by atoms with Crippen LogP contribution in [-0.4, -0.2) is 21.7 Å². The zero-order chi connectivity index (χ0) is 12.4. The standard InChI is InChI=1S/C11H10N4OS2/c12-3-1-9-13-8(6-18-9)11-14-10(15-16-11)7-2-4-17-5-7/h2,4-6H,1,3,12H2. The van der Waals surface area contributed by atoms with Crippen LogP contribution in [0.2, 0.25) is 0 Å². The summed E-state index contributed by atoms with van der Waals surface area (Å²) in [5.74, 6) is 1.05. The number of hydrogen-bond acceptors (Lipinski definition) is 7. The normalized spacial score (nSPS) is 10.9. The van der Waals surface area contributed by atoms with Crippen LogP contribution in [0, 0.1) is 0 Å². The summed E-state index contributed by atoms with van der Waals surface area (Å²) < 4.78 is 5.22. The van der Waals surface area contributed by atoms with Crippen LogP contribution in [0.1, 0.15) is 5.01 Å². The summed E-state index contributed by atoms with van der Waals surface area (Å²) >= 11 is 3.16. The first-order valence-corrected chi connectivity index (χ1v) is 7.20. The molecule has 0 saturated carbocycles. The smallest absolute Gasteiger partial charge is 0.277 e. The molecule has 0 aliphatic rings. The van der Waals surface area contributed by atoms with Crippen LogP contribution in [0.3, 0.4) is 0 Å². The SMILES string of the molecule is NCCc1nc(-c2nc(-c3ccsc3)no2)cs1. The van der Waals surface area contributed by atoms with Gasteiger partial charge in [-0.25, -0.2) is 4.98 Å². The minimum absolute atomic E-state index is 0.454. The highest BCUT2D eigenvalue weighted by Gasteiger charge is 2.13. The first-order valence-electron chi connectivity index (χ1n) is 5.38. The lowest BCUT2D eigenvalue weighted by Gasteiger charge is -1.87. The Morgan fingerprint density at radius 2 is 2.22 bits per heavy atom. The van der Waals surface area contributed by atoms with E-state index in [-0.39, 0.29) is 0 Å². The third-order valence-electron chi connectivity index (χ3n) is 2.33. The Labute approximate surface area is 111 Å². The van der Waals surface area contributed by atoms with E-state index in [1.807, 2.05) is 22.2 Å². The highest BCUT2D eigenvalue weighted by Crippen LogP contribution is 2.24. The fourth-order valence-electron chi connectivity index (χ4n) is 1.48. The van der Waals surface area contributed by atoms with E-state index < -0.39 is 0 Å². The van der Waals surface area contributed by atoms with Crippen LogP contribution in [0.5, 0.6) is 0 Å². The van der Waals surface area contributed by atoms with Gasteiger partial charge in [0.2, 0.25) is 5.82 Å². The summed E-state index contributed by atoms with van der Waals surface area (Å²) in [4.78, 5) is 8.75. The van der Waals surface area contributed by atoms with Gasteiger partial charge in [-0.1, -0.05) is 5.16 Å². The summed E-state index contributed by atoms with van der Waals surface area (Å²) in [6.45, 7) is 0.594. The maximum absolute atomic E-state index is 5.49. The van der Waals surface area contributed by atoms with E-state index in [9.17, 15) is 0 Å². The number of thiazole rings is 1. The average molecular weight is 278 g/mol. The van der Waals surface area contributed by atoms with Gasteiger partial charge in [-0.3, -0.25) is 0 Å². The largest absolute Gasteiger partial charge is 0.332 e. The zero-order valence-corrected chi connectivity index (χ0v) is 11.0. The van der Waals surface area contributed by atoms with Crippen molar-refractivity contribution in [2.75, 3.05) is 6.54 Å². The number of hydrogen-bond donors (Lipinski definition) is 1. The van der Waals surface area contributed by atoms with Crippen molar-refractivity contribution in [1.82, 2.24) is 15.1 Å². The van der Waals surface area contributed by atoms with Crippen molar-refractivity contribution in [2.24, 2.45) is 5.73 Å². The van der Waals surface area contributed by atoms with Crippen LogP contribution >= 0.6 is 22.7 Å². The molecule has 0 aliphatic carbocycles. The molecule has 2 N–H and O–H groups in total. The van der Waals surface area contributed by atoms with Crippen molar-refractivity contribution in [1.29, 1.82) is 0 Å². The van der Waals surface area contributed by atoms with Gasteiger partial charge in [-0.2, -0.15) is 16.3 Å². The zero-order valence-electron chi connectivity index (χ0n) is 9.37. The lowest BCUT2D eigenvalue weighted by atomic mass is 10.3. The molecule has 92 valence electrons. The van der Waals surface area contributed by atoms with E-state index in [2.05, 4.69) is 15.1 Å². The van der Waals surface area contributed by atoms with Gasteiger partial charge in [-0.05, 0) is 18.0 Å². The molecule has 0 aliphatic heterocycles. The minimum Gasteiger partial charge on any atom is -0.332 e. The van der Waals surface area contributed by atoms with E-state index >= 15 is 0 Å². The number of rotatable bonds is 4. The third kappa shape index (κ3) is 2.20. The molecule has 0 amide bonds. The lowest BCUT2D eigenvalue weighted by molar-refractivity contribution is 0.431. The number of nitrogens with zero attached hydrogens (tertiary/aromatic N) is 3. The van der Waals surface area contributed by atoms with Crippen LogP contribution in [0.25, 0.3) is 23.0 Å². The second-order valence-electron chi connectivity index (χ2n) is 3.60. The monoisotopic (exact) mass is 278 g/mol. The number of thiophene rings is 1. The highest BCUT2D eigenvalue weighted by molar-refractivity contribution is 7.10. The van der Waals surface area contributed by atoms with E-state index in [0.29, 0.717) is 18.3 Å². The predicted molar refractivity (Wildman–Crippen MR) is 71.5 cm³/mol. The van der Waals surface area contributed by atoms with Crippen LogP contribution in [0.4, 0.5) is 0 Å². The van der Waals surface area contributed by atoms with Gasteiger partial charge in [0, 0.05) is 22.7 Å². The maximum Gasteiger partial charge on any atom is 0.277 e. The molecule has 0 aromatic carbocycles. The van der Waals surface area contributed by atoms with Crippen LogP contribution in [0.15, 0.2) is 26.7 Å². The average Bonchev–Trinajstić information content (AvgIpc) is 3.10. The molecular weight excluding hydrogens is 268 g/mol. The molecule has 3 aromatic rings. The molecule has 0 radical (unpaired) electrons. The summed E-state index contributed by atoms with van der Waals surface area (Å²) in [7, 11) is 0. The lowest BCUT2D eigenvalue weighted by Crippen LogP contribution is -2.01. The molecule has 3 heterocycles.